The van der Waals surface area contributed by atoms with Crippen molar-refractivity contribution < 1.29 is 104 Å². The molecule has 414 valence electrons. The first-order valence-electron chi connectivity index (χ1n) is 21.7. The number of nitrogens with one attached hydrogen (secondary N) is 3. The van der Waals surface area contributed by atoms with Crippen molar-refractivity contribution in [3.63, 3.8) is 0 Å². The van der Waals surface area contributed by atoms with Gasteiger partial charge in [-0.2, -0.15) is 8.62 Å². The fourth-order valence-corrected chi connectivity index (χ4v) is 14.0. The van der Waals surface area contributed by atoms with Gasteiger partial charge in [0.1, 0.15) is 60.4 Å². The summed E-state index contributed by atoms with van der Waals surface area (Å²) in [5.41, 5.74) is 7.18. The van der Waals surface area contributed by atoms with E-state index in [-0.39, 0.29) is 40.5 Å². The lowest BCUT2D eigenvalue weighted by Gasteiger charge is -2.28. The predicted octanol–water partition coefficient (Wildman–Crippen LogP) is -4.62. The van der Waals surface area contributed by atoms with E-state index in [1.54, 1.807) is 0 Å². The highest BCUT2D eigenvalue weighted by Crippen LogP contribution is 2.68. The molecular formula is C34H50N13O24P4+. The molecule has 75 heavy (non-hydrogen) atoms. The molecule has 17 atom stereocenters. The van der Waals surface area contributed by atoms with Crippen molar-refractivity contribution in [3.8, 4) is 0 Å². The highest BCUT2D eigenvalue weighted by atomic mass is 31.3. The molecule has 5 aromatic heterocycles. The van der Waals surface area contributed by atoms with Gasteiger partial charge in [-0.3, -0.25) is 52.2 Å². The molecule has 3 fully saturated rings. The molecule has 0 aromatic carbocycles. The molecule has 41 heteroatoms. The third kappa shape index (κ3) is 11.8. The molecule has 0 amide bonds. The lowest BCUT2D eigenvalue weighted by Crippen LogP contribution is -2.45. The molecule has 0 bridgehead atoms. The number of hydrogen-bond acceptors (Lipinski definition) is 27. The molecule has 37 nitrogen and oxygen atoms in total. The summed E-state index contributed by atoms with van der Waals surface area (Å²) in [7, 11) is -19.5. The molecule has 3 aliphatic heterocycles. The number of aromatic nitrogens is 10. The summed E-state index contributed by atoms with van der Waals surface area (Å²) in [5, 5.41) is 45.8. The van der Waals surface area contributed by atoms with Crippen molar-refractivity contribution >= 4 is 65.2 Å². The monoisotopic (exact) mass is 1150 g/mol. The molecule has 0 spiro atoms. The second-order valence-electron chi connectivity index (χ2n) is 16.9. The van der Waals surface area contributed by atoms with E-state index in [0.29, 0.717) is 0 Å². The molecule has 3 saturated heterocycles. The zero-order chi connectivity index (χ0) is 54.7. The van der Waals surface area contributed by atoms with Crippen LogP contribution >= 0.6 is 31.1 Å². The standard InChI is InChI=1S/C34H49N13O24P4/c1-37-18(49)6-13-14(67-30(21(13)50)47-12-44(2)20-28(47)42-33(36)43-29(20)53)7-65-73(57,58)70-75(61,62)71-74(59,60)66-9-16-25(24(63-3)32(69-16)46-11-40-19-26(35)38-10-39-27(19)46)72(55,56)64-8-15-22(51)23(52)31(68-15)45-5-4-17(48)41-34(45)54/h4-5,10-16,18,21-25,30-32,37,49-52H,6-9H2,1-3H3,(H9-,35,36,38,39,41,42,43,48,53,54,55,56,57,58,59,60,61,62)/p+1/t13-,14-,15-,16-,18+,21-,22-,23-,24-,25-,30-,31-,32-/m1/s1. The summed E-state index contributed by atoms with van der Waals surface area (Å²) in [6, 6.07) is 0.923. The molecule has 5 aromatic rings. The summed E-state index contributed by atoms with van der Waals surface area (Å²) in [4.78, 5) is 100. The first kappa shape index (κ1) is 56.6. The molecule has 4 unspecified atom stereocenters. The fourth-order valence-electron chi connectivity index (χ4n) is 8.74. The van der Waals surface area contributed by atoms with Crippen LogP contribution in [0.5, 0.6) is 0 Å². The average molecular weight is 1150 g/mol. The third-order valence-electron chi connectivity index (χ3n) is 12.1. The van der Waals surface area contributed by atoms with Crippen LogP contribution in [0.15, 0.2) is 45.6 Å². The van der Waals surface area contributed by atoms with Gasteiger partial charge in [-0.1, -0.05) is 4.98 Å². The summed E-state index contributed by atoms with van der Waals surface area (Å²) in [6.07, 6.45) is -13.6. The van der Waals surface area contributed by atoms with E-state index in [1.165, 1.54) is 34.1 Å². The number of anilines is 2. The van der Waals surface area contributed by atoms with E-state index >= 15 is 0 Å². The first-order valence-corrected chi connectivity index (χ1v) is 27.8. The minimum Gasteiger partial charge on any atom is -0.387 e. The largest absolute Gasteiger partial charge is 0.490 e. The number of aromatic amines is 2. The van der Waals surface area contributed by atoms with Gasteiger partial charge in [0.15, 0.2) is 30.2 Å². The van der Waals surface area contributed by atoms with Crippen LogP contribution in [0.2, 0.25) is 0 Å². The smallest absolute Gasteiger partial charge is 0.387 e. The number of phosphoric ester groups is 2. The number of phosphoric acid groups is 3. The SMILES string of the molecule is CN[C@@H](O)C[C@H]1[C@@H](O)[C@H]([n+]2cn(C)c3c(=O)[nH]c(N)nc32)O[C@@H]1COP(=O)(O)OP(=O)(O)OP(=O)(O)OC[C@H]1O[C@@H](n2cnc3c(N)ncnc32)[C@H](OC)[C@@H]1P(=O)(O)OC[C@H]1O[C@@H](n2ccc(=O)[nH]c2=O)[C@H](O)[C@@H]1O. The lowest BCUT2D eigenvalue weighted by atomic mass is 9.93. The van der Waals surface area contributed by atoms with E-state index in [1.807, 2.05) is 4.98 Å². The third-order valence-corrected chi connectivity index (χ3v) is 18.3. The number of nitrogen functional groups attached to an aromatic ring is 2. The number of H-pyrrole nitrogens is 2. The molecule has 0 saturated carbocycles. The number of hydrogen-bond donors (Lipinski definition) is 13. The Bertz CT molecular complexity index is 3300. The molecule has 3 aliphatic rings. The molecule has 0 radical (unpaired) electrons. The van der Waals surface area contributed by atoms with Crippen LogP contribution < -0.4 is 38.2 Å². The zero-order valence-electron chi connectivity index (χ0n) is 38.9. The zero-order valence-corrected chi connectivity index (χ0v) is 42.4. The normalized spacial score (nSPS) is 30.8. The number of fused-ring (bicyclic) bond motifs is 2. The van der Waals surface area contributed by atoms with Crippen molar-refractivity contribution in [1.82, 2.24) is 48.9 Å². The fraction of sp³-hybridized carbons (Fsp3) is 0.588. The second kappa shape index (κ2) is 21.7. The van der Waals surface area contributed by atoms with Gasteiger partial charge < -0.3 is 74.9 Å². The van der Waals surface area contributed by atoms with Crippen molar-refractivity contribution in [3.05, 3.63) is 62.4 Å². The van der Waals surface area contributed by atoms with E-state index < -0.39 is 147 Å². The van der Waals surface area contributed by atoms with Gasteiger partial charge in [-0.05, 0) is 13.5 Å². The van der Waals surface area contributed by atoms with E-state index in [9.17, 15) is 72.6 Å². The molecule has 8 rings (SSSR count). The summed E-state index contributed by atoms with van der Waals surface area (Å²) < 4.78 is 105. The number of aliphatic hydroxyl groups is 4. The van der Waals surface area contributed by atoms with Crippen LogP contribution in [0.3, 0.4) is 0 Å². The Labute approximate surface area is 417 Å². The van der Waals surface area contributed by atoms with Crippen molar-refractivity contribution in [2.75, 3.05) is 45.4 Å². The molecule has 8 heterocycles. The molecular weight excluding hydrogens is 1100 g/mol. The number of nitrogens with two attached hydrogens (primary N) is 2. The average Bonchev–Trinajstić information content (AvgIpc) is 4.13. The number of nitrogens with zero attached hydrogens (tertiary/aromatic N) is 8. The maximum atomic E-state index is 14.3. The highest BCUT2D eigenvalue weighted by Gasteiger charge is 2.58. The van der Waals surface area contributed by atoms with Gasteiger partial charge in [0.25, 0.3) is 17.1 Å². The maximum absolute atomic E-state index is 14.3. The quantitative estimate of drug-likeness (QED) is 0.0187. The van der Waals surface area contributed by atoms with Crippen molar-refractivity contribution in [1.29, 1.82) is 0 Å². The van der Waals surface area contributed by atoms with Crippen LogP contribution in [0, 0.1) is 5.92 Å². The van der Waals surface area contributed by atoms with E-state index in [0.717, 1.165) is 36.6 Å². The van der Waals surface area contributed by atoms with Gasteiger partial charge in [-0.15, -0.1) is 0 Å². The maximum Gasteiger partial charge on any atom is 0.490 e. The van der Waals surface area contributed by atoms with Gasteiger partial charge in [-0.25, -0.2) is 38.0 Å². The minimum absolute atomic E-state index is 0.00456. The number of methoxy groups -OCH3 is 1. The Hall–Kier alpha value is -4.62. The van der Waals surface area contributed by atoms with Crippen LogP contribution in [0.4, 0.5) is 11.8 Å². The highest BCUT2D eigenvalue weighted by molar-refractivity contribution is 7.66. The lowest BCUT2D eigenvalue weighted by molar-refractivity contribution is -0.745. The topological polar surface area (TPSA) is 530 Å². The van der Waals surface area contributed by atoms with Gasteiger partial charge >= 0.3 is 42.4 Å². The van der Waals surface area contributed by atoms with E-state index in [4.69, 9.17) is 44.0 Å². The Morgan fingerprint density at radius 2 is 1.49 bits per heavy atom. The Balaban J connectivity index is 0.964. The van der Waals surface area contributed by atoms with Gasteiger partial charge in [0.2, 0.25) is 11.7 Å². The molecule has 0 aliphatic carbocycles. The van der Waals surface area contributed by atoms with Crippen LogP contribution in [-0.4, -0.2) is 172 Å². The van der Waals surface area contributed by atoms with Crippen LogP contribution in [0.1, 0.15) is 25.1 Å². The number of aliphatic hydroxyl groups excluding tert-OH is 4. The van der Waals surface area contributed by atoms with Crippen molar-refractivity contribution in [2.24, 2.45) is 13.0 Å². The number of rotatable bonds is 21. The Morgan fingerprint density at radius 1 is 0.840 bits per heavy atom. The first-order chi connectivity index (χ1) is 35.1. The minimum atomic E-state index is -6.23. The predicted molar refractivity (Wildman–Crippen MR) is 244 cm³/mol. The number of ether oxygens (including phenoxy) is 4. The van der Waals surface area contributed by atoms with Gasteiger partial charge in [0, 0.05) is 25.3 Å². The summed E-state index contributed by atoms with van der Waals surface area (Å²) >= 11 is 0. The molecule has 15 N–H and O–H groups in total. The summed E-state index contributed by atoms with van der Waals surface area (Å²) in [6.45, 7) is -3.34. The number of imidazole rings is 2. The Kier molecular flexibility index (Phi) is 16.3. The van der Waals surface area contributed by atoms with Crippen LogP contribution in [0.25, 0.3) is 22.3 Å². The van der Waals surface area contributed by atoms with Crippen LogP contribution in [-0.2, 0) is 66.4 Å². The van der Waals surface area contributed by atoms with Gasteiger partial charge in [0.05, 0.1) is 39.3 Å². The number of aryl methyl sites for hydroxylation is 1. The Morgan fingerprint density at radius 3 is 2.15 bits per heavy atom. The summed E-state index contributed by atoms with van der Waals surface area (Å²) in [5.74, 6) is -1.54. The second-order valence-corrected chi connectivity index (χ2v) is 23.6. The van der Waals surface area contributed by atoms with Crippen molar-refractivity contribution in [2.45, 2.75) is 79.7 Å². The van der Waals surface area contributed by atoms with E-state index in [2.05, 4.69) is 38.9 Å².